The SMILES string of the molecule is Cc1c(CN)c(N)nc2cc(Br)ccc12. The largest absolute Gasteiger partial charge is 0.383 e. The molecule has 2 aromatic rings. The Morgan fingerprint density at radius 3 is 2.80 bits per heavy atom. The summed E-state index contributed by atoms with van der Waals surface area (Å²) < 4.78 is 1.00. The number of nitrogens with zero attached hydrogens (tertiary/aromatic N) is 1. The van der Waals surface area contributed by atoms with E-state index in [2.05, 4.69) is 20.9 Å². The maximum absolute atomic E-state index is 5.84. The van der Waals surface area contributed by atoms with Crippen LogP contribution in [0.15, 0.2) is 22.7 Å². The normalized spacial score (nSPS) is 10.9. The molecule has 1 aromatic carbocycles. The highest BCUT2D eigenvalue weighted by atomic mass is 79.9. The fourth-order valence-electron chi connectivity index (χ4n) is 1.72. The highest BCUT2D eigenvalue weighted by Crippen LogP contribution is 2.26. The van der Waals surface area contributed by atoms with Gasteiger partial charge in [0.05, 0.1) is 5.52 Å². The molecule has 0 spiro atoms. The lowest BCUT2D eigenvalue weighted by atomic mass is 10.0. The summed E-state index contributed by atoms with van der Waals surface area (Å²) >= 11 is 3.41. The molecule has 0 atom stereocenters. The fourth-order valence-corrected chi connectivity index (χ4v) is 2.07. The molecule has 2 rings (SSSR count). The molecule has 4 heteroatoms. The smallest absolute Gasteiger partial charge is 0.128 e. The Bertz CT molecular complexity index is 523. The fraction of sp³-hybridized carbons (Fsp3) is 0.182. The molecule has 0 saturated heterocycles. The van der Waals surface area contributed by atoms with E-state index in [0.29, 0.717) is 12.4 Å². The van der Waals surface area contributed by atoms with Gasteiger partial charge in [-0.15, -0.1) is 0 Å². The van der Waals surface area contributed by atoms with Gasteiger partial charge in [0.15, 0.2) is 0 Å². The number of anilines is 1. The van der Waals surface area contributed by atoms with E-state index >= 15 is 0 Å². The Hall–Kier alpha value is -1.13. The molecule has 0 aliphatic rings. The number of nitrogens with two attached hydrogens (primary N) is 2. The molecule has 15 heavy (non-hydrogen) atoms. The van der Waals surface area contributed by atoms with E-state index in [1.165, 1.54) is 0 Å². The summed E-state index contributed by atoms with van der Waals surface area (Å²) in [4.78, 5) is 4.34. The predicted molar refractivity (Wildman–Crippen MR) is 66.5 cm³/mol. The number of hydrogen-bond donors (Lipinski definition) is 2. The topological polar surface area (TPSA) is 64.9 Å². The van der Waals surface area contributed by atoms with Gasteiger partial charge in [-0.25, -0.2) is 4.98 Å². The van der Waals surface area contributed by atoms with Crippen molar-refractivity contribution in [1.29, 1.82) is 0 Å². The molecule has 0 saturated carbocycles. The van der Waals surface area contributed by atoms with Crippen molar-refractivity contribution in [2.45, 2.75) is 13.5 Å². The van der Waals surface area contributed by atoms with Crippen molar-refractivity contribution in [2.75, 3.05) is 5.73 Å². The Kier molecular flexibility index (Phi) is 2.63. The van der Waals surface area contributed by atoms with Gasteiger partial charge >= 0.3 is 0 Å². The van der Waals surface area contributed by atoms with E-state index in [-0.39, 0.29) is 0 Å². The van der Waals surface area contributed by atoms with Crippen LogP contribution in [0.3, 0.4) is 0 Å². The average Bonchev–Trinajstić information content (AvgIpc) is 2.17. The van der Waals surface area contributed by atoms with Crippen molar-refractivity contribution < 1.29 is 0 Å². The zero-order chi connectivity index (χ0) is 11.0. The van der Waals surface area contributed by atoms with Gasteiger partial charge in [-0.1, -0.05) is 22.0 Å². The minimum absolute atomic E-state index is 0.427. The highest BCUT2D eigenvalue weighted by Gasteiger charge is 2.08. The molecule has 78 valence electrons. The molecule has 0 radical (unpaired) electrons. The molecular weight excluding hydrogens is 254 g/mol. The van der Waals surface area contributed by atoms with Crippen molar-refractivity contribution in [3.63, 3.8) is 0 Å². The number of benzene rings is 1. The zero-order valence-electron chi connectivity index (χ0n) is 8.42. The van der Waals surface area contributed by atoms with Gasteiger partial charge in [-0.05, 0) is 24.6 Å². The van der Waals surface area contributed by atoms with Crippen molar-refractivity contribution in [3.8, 4) is 0 Å². The van der Waals surface area contributed by atoms with Gasteiger partial charge in [0.1, 0.15) is 5.82 Å². The van der Waals surface area contributed by atoms with Crippen LogP contribution in [0, 0.1) is 6.92 Å². The van der Waals surface area contributed by atoms with Crippen molar-refractivity contribution in [2.24, 2.45) is 5.73 Å². The molecule has 1 heterocycles. The number of hydrogen-bond acceptors (Lipinski definition) is 3. The third-order valence-corrected chi connectivity index (χ3v) is 3.06. The van der Waals surface area contributed by atoms with Gasteiger partial charge in [0, 0.05) is 22.0 Å². The summed E-state index contributed by atoms with van der Waals surface area (Å²) in [5, 5.41) is 1.10. The monoisotopic (exact) mass is 265 g/mol. The number of fused-ring (bicyclic) bond motifs is 1. The Morgan fingerprint density at radius 1 is 1.40 bits per heavy atom. The Morgan fingerprint density at radius 2 is 2.13 bits per heavy atom. The van der Waals surface area contributed by atoms with E-state index in [0.717, 1.165) is 26.5 Å². The quantitative estimate of drug-likeness (QED) is 0.832. The summed E-state index contributed by atoms with van der Waals surface area (Å²) in [7, 11) is 0. The van der Waals surface area contributed by atoms with Crippen molar-refractivity contribution in [1.82, 2.24) is 4.98 Å². The van der Waals surface area contributed by atoms with E-state index < -0.39 is 0 Å². The van der Waals surface area contributed by atoms with Crippen LogP contribution in [0.25, 0.3) is 10.9 Å². The van der Waals surface area contributed by atoms with Crippen LogP contribution in [-0.4, -0.2) is 4.98 Å². The Balaban J connectivity index is 2.84. The summed E-state index contributed by atoms with van der Waals surface area (Å²) in [5.41, 5.74) is 14.4. The number of aromatic nitrogens is 1. The van der Waals surface area contributed by atoms with E-state index in [1.807, 2.05) is 25.1 Å². The molecule has 0 bridgehead atoms. The van der Waals surface area contributed by atoms with Gasteiger partial charge in [0.25, 0.3) is 0 Å². The summed E-state index contributed by atoms with van der Waals surface area (Å²) in [6, 6.07) is 5.98. The molecule has 4 N–H and O–H groups in total. The number of aryl methyl sites for hydroxylation is 1. The molecule has 1 aromatic heterocycles. The minimum Gasteiger partial charge on any atom is -0.383 e. The number of halogens is 1. The summed E-state index contributed by atoms with van der Waals surface area (Å²) in [6.07, 6.45) is 0. The molecule has 3 nitrogen and oxygen atoms in total. The summed E-state index contributed by atoms with van der Waals surface area (Å²) in [5.74, 6) is 0.528. The standard InChI is InChI=1S/C11H12BrN3/c1-6-8-3-2-7(12)4-10(8)15-11(14)9(6)5-13/h2-4H,5,13H2,1H3,(H2,14,15). The maximum Gasteiger partial charge on any atom is 0.128 e. The second-order valence-electron chi connectivity index (χ2n) is 3.47. The van der Waals surface area contributed by atoms with Crippen LogP contribution in [0.2, 0.25) is 0 Å². The van der Waals surface area contributed by atoms with Crippen LogP contribution in [-0.2, 0) is 6.54 Å². The predicted octanol–water partition coefficient (Wildman–Crippen LogP) is 2.35. The lowest BCUT2D eigenvalue weighted by molar-refractivity contribution is 1.04. The van der Waals surface area contributed by atoms with Gasteiger partial charge in [-0.2, -0.15) is 0 Å². The first kappa shape index (κ1) is 10.4. The van der Waals surface area contributed by atoms with Crippen LogP contribution >= 0.6 is 15.9 Å². The lowest BCUT2D eigenvalue weighted by Crippen LogP contribution is -2.06. The van der Waals surface area contributed by atoms with E-state index in [1.54, 1.807) is 0 Å². The average molecular weight is 266 g/mol. The van der Waals surface area contributed by atoms with Crippen molar-refractivity contribution in [3.05, 3.63) is 33.8 Å². The van der Waals surface area contributed by atoms with Crippen molar-refractivity contribution >= 4 is 32.7 Å². The number of nitrogen functional groups attached to an aromatic ring is 1. The molecule has 0 aliphatic heterocycles. The molecule has 0 aliphatic carbocycles. The minimum atomic E-state index is 0.427. The second kappa shape index (κ2) is 3.79. The maximum atomic E-state index is 5.84. The van der Waals surface area contributed by atoms with E-state index in [9.17, 15) is 0 Å². The van der Waals surface area contributed by atoms with Gasteiger partial charge in [0.2, 0.25) is 0 Å². The second-order valence-corrected chi connectivity index (χ2v) is 4.38. The molecular formula is C11H12BrN3. The Labute approximate surface area is 96.6 Å². The molecule has 0 fully saturated rings. The number of rotatable bonds is 1. The molecule has 0 unspecified atom stereocenters. The highest BCUT2D eigenvalue weighted by molar-refractivity contribution is 9.10. The number of pyridine rings is 1. The third-order valence-electron chi connectivity index (χ3n) is 2.57. The van der Waals surface area contributed by atoms with Gasteiger partial charge < -0.3 is 11.5 Å². The first-order valence-corrected chi connectivity index (χ1v) is 5.47. The van der Waals surface area contributed by atoms with E-state index in [4.69, 9.17) is 11.5 Å². The first-order valence-electron chi connectivity index (χ1n) is 4.67. The summed E-state index contributed by atoms with van der Waals surface area (Å²) in [6.45, 7) is 2.45. The first-order chi connectivity index (χ1) is 7.13. The van der Waals surface area contributed by atoms with Crippen LogP contribution in [0.5, 0.6) is 0 Å². The zero-order valence-corrected chi connectivity index (χ0v) is 10.0. The van der Waals surface area contributed by atoms with Crippen LogP contribution in [0.4, 0.5) is 5.82 Å². The molecule has 0 amide bonds. The van der Waals surface area contributed by atoms with Gasteiger partial charge in [-0.3, -0.25) is 0 Å². The lowest BCUT2D eigenvalue weighted by Gasteiger charge is -2.10. The van der Waals surface area contributed by atoms with Crippen LogP contribution < -0.4 is 11.5 Å². The third kappa shape index (κ3) is 1.70. The van der Waals surface area contributed by atoms with Crippen LogP contribution in [0.1, 0.15) is 11.1 Å².